The number of hydrogen-bond acceptors (Lipinski definition) is 4. The van der Waals surface area contributed by atoms with Gasteiger partial charge in [-0.2, -0.15) is 0 Å². The van der Waals surface area contributed by atoms with E-state index in [1.165, 1.54) is 25.7 Å². The third kappa shape index (κ3) is 3.52. The van der Waals surface area contributed by atoms with Crippen molar-refractivity contribution in [2.24, 2.45) is 5.92 Å². The van der Waals surface area contributed by atoms with Crippen LogP contribution in [0.25, 0.3) is 0 Å². The Kier molecular flexibility index (Phi) is 5.02. The van der Waals surface area contributed by atoms with Crippen molar-refractivity contribution < 1.29 is 9.59 Å². The molecule has 0 aromatic carbocycles. The Morgan fingerprint density at radius 2 is 1.96 bits per heavy atom. The Morgan fingerprint density at radius 3 is 2.58 bits per heavy atom. The van der Waals surface area contributed by atoms with Crippen LogP contribution in [-0.2, 0) is 4.79 Å². The highest BCUT2D eigenvalue weighted by molar-refractivity contribution is 6.05. The van der Waals surface area contributed by atoms with Crippen molar-refractivity contribution in [2.45, 2.75) is 46.0 Å². The summed E-state index contributed by atoms with van der Waals surface area (Å²) >= 11 is 0. The molecule has 2 aliphatic heterocycles. The van der Waals surface area contributed by atoms with Crippen LogP contribution in [0.3, 0.4) is 0 Å². The zero-order chi connectivity index (χ0) is 17.1. The fourth-order valence-corrected chi connectivity index (χ4v) is 3.65. The standard InChI is InChI=1S/C18H26N4O2/c1-3-4-14-7-10-21(11-8-14)16-6-5-15(13(2)19-16)22-12-9-17(23)20-18(22)24/h5-6,14H,3-4,7-12H2,1-2H3,(H,20,23,24). The molecule has 3 heterocycles. The largest absolute Gasteiger partial charge is 0.357 e. The molecular formula is C18H26N4O2. The van der Waals surface area contributed by atoms with Crippen LogP contribution >= 0.6 is 0 Å². The lowest BCUT2D eigenvalue weighted by molar-refractivity contribution is -0.120. The van der Waals surface area contributed by atoms with Gasteiger partial charge in [-0.25, -0.2) is 9.78 Å². The molecule has 1 aromatic heterocycles. The van der Waals surface area contributed by atoms with Gasteiger partial charge in [0.1, 0.15) is 5.82 Å². The molecule has 2 fully saturated rings. The molecule has 130 valence electrons. The second-order valence-electron chi connectivity index (χ2n) is 6.75. The van der Waals surface area contributed by atoms with Crippen molar-refractivity contribution in [1.29, 1.82) is 0 Å². The van der Waals surface area contributed by atoms with Gasteiger partial charge in [-0.3, -0.25) is 15.0 Å². The summed E-state index contributed by atoms with van der Waals surface area (Å²) < 4.78 is 0. The lowest BCUT2D eigenvalue weighted by Crippen LogP contribution is -2.49. The summed E-state index contributed by atoms with van der Waals surface area (Å²) in [5.41, 5.74) is 1.61. The summed E-state index contributed by atoms with van der Waals surface area (Å²) in [5.74, 6) is 1.62. The molecule has 0 bridgehead atoms. The van der Waals surface area contributed by atoms with Gasteiger partial charge in [-0.1, -0.05) is 19.8 Å². The molecule has 2 saturated heterocycles. The van der Waals surface area contributed by atoms with Crippen molar-refractivity contribution in [1.82, 2.24) is 10.3 Å². The van der Waals surface area contributed by atoms with E-state index in [1.807, 2.05) is 19.1 Å². The maximum Gasteiger partial charge on any atom is 0.328 e. The van der Waals surface area contributed by atoms with E-state index in [-0.39, 0.29) is 11.9 Å². The minimum Gasteiger partial charge on any atom is -0.357 e. The summed E-state index contributed by atoms with van der Waals surface area (Å²) in [7, 11) is 0. The summed E-state index contributed by atoms with van der Waals surface area (Å²) in [4.78, 5) is 31.9. The molecule has 0 atom stereocenters. The Hall–Kier alpha value is -2.11. The van der Waals surface area contributed by atoms with E-state index < -0.39 is 0 Å². The van der Waals surface area contributed by atoms with Gasteiger partial charge in [0, 0.05) is 26.1 Å². The number of aryl methyl sites for hydroxylation is 1. The van der Waals surface area contributed by atoms with Crippen LogP contribution < -0.4 is 15.1 Å². The number of anilines is 2. The first-order chi connectivity index (χ1) is 11.6. The van der Waals surface area contributed by atoms with Crippen molar-refractivity contribution in [2.75, 3.05) is 29.4 Å². The number of imide groups is 1. The topological polar surface area (TPSA) is 65.5 Å². The van der Waals surface area contributed by atoms with Crippen LogP contribution in [0.15, 0.2) is 12.1 Å². The van der Waals surface area contributed by atoms with Gasteiger partial charge < -0.3 is 4.90 Å². The summed E-state index contributed by atoms with van der Waals surface area (Å²) in [6, 6.07) is 3.58. The average molecular weight is 330 g/mol. The first-order valence-corrected chi connectivity index (χ1v) is 8.92. The molecule has 6 heteroatoms. The van der Waals surface area contributed by atoms with Crippen molar-refractivity contribution in [3.63, 3.8) is 0 Å². The third-order valence-corrected chi connectivity index (χ3v) is 5.02. The van der Waals surface area contributed by atoms with Gasteiger partial charge in [0.05, 0.1) is 11.4 Å². The van der Waals surface area contributed by atoms with Gasteiger partial charge in [0.2, 0.25) is 5.91 Å². The number of amides is 3. The number of nitrogens with zero attached hydrogens (tertiary/aromatic N) is 3. The van der Waals surface area contributed by atoms with E-state index in [0.29, 0.717) is 13.0 Å². The monoisotopic (exact) mass is 330 g/mol. The number of pyridine rings is 1. The number of aromatic nitrogens is 1. The summed E-state index contributed by atoms with van der Waals surface area (Å²) in [6.45, 7) is 6.69. The minimum absolute atomic E-state index is 0.214. The van der Waals surface area contributed by atoms with Crippen LogP contribution in [0.5, 0.6) is 0 Å². The predicted molar refractivity (Wildman–Crippen MR) is 94.3 cm³/mol. The third-order valence-electron chi connectivity index (χ3n) is 5.02. The van der Waals surface area contributed by atoms with Gasteiger partial charge in [0.15, 0.2) is 0 Å². The Bertz CT molecular complexity index is 623. The number of carbonyl (C=O) groups is 2. The predicted octanol–water partition coefficient (Wildman–Crippen LogP) is 2.85. The average Bonchev–Trinajstić information content (AvgIpc) is 2.56. The molecule has 0 unspecified atom stereocenters. The van der Waals surface area contributed by atoms with E-state index in [0.717, 1.165) is 36.2 Å². The molecule has 6 nitrogen and oxygen atoms in total. The lowest BCUT2D eigenvalue weighted by atomic mass is 9.92. The fourth-order valence-electron chi connectivity index (χ4n) is 3.65. The highest BCUT2D eigenvalue weighted by Gasteiger charge is 2.26. The summed E-state index contributed by atoms with van der Waals surface area (Å²) in [5, 5.41) is 2.36. The van der Waals surface area contributed by atoms with Crippen molar-refractivity contribution >= 4 is 23.4 Å². The van der Waals surface area contributed by atoms with E-state index in [9.17, 15) is 9.59 Å². The number of hydrogen-bond donors (Lipinski definition) is 1. The van der Waals surface area contributed by atoms with E-state index in [2.05, 4.69) is 17.1 Å². The molecule has 0 spiro atoms. The number of piperidine rings is 1. The zero-order valence-electron chi connectivity index (χ0n) is 14.5. The van der Waals surface area contributed by atoms with Gasteiger partial charge in [-0.15, -0.1) is 0 Å². The van der Waals surface area contributed by atoms with Crippen LogP contribution in [0.1, 0.15) is 44.7 Å². The molecular weight excluding hydrogens is 304 g/mol. The molecule has 3 amide bonds. The normalized spacial score (nSPS) is 19.6. The smallest absolute Gasteiger partial charge is 0.328 e. The van der Waals surface area contributed by atoms with Crippen molar-refractivity contribution in [3.05, 3.63) is 17.8 Å². The SMILES string of the molecule is CCCC1CCN(c2ccc(N3CCC(=O)NC3=O)c(C)n2)CC1. The quantitative estimate of drug-likeness (QED) is 0.922. The van der Waals surface area contributed by atoms with E-state index in [1.54, 1.807) is 4.90 Å². The second kappa shape index (κ2) is 7.20. The summed E-state index contributed by atoms with van der Waals surface area (Å²) in [6.07, 6.45) is 5.37. The molecule has 0 saturated carbocycles. The maximum absolute atomic E-state index is 12.0. The van der Waals surface area contributed by atoms with Crippen LogP contribution in [0.4, 0.5) is 16.3 Å². The van der Waals surface area contributed by atoms with Gasteiger partial charge in [-0.05, 0) is 37.8 Å². The number of carbonyl (C=O) groups excluding carboxylic acids is 2. The van der Waals surface area contributed by atoms with E-state index in [4.69, 9.17) is 4.98 Å². The fraction of sp³-hybridized carbons (Fsp3) is 0.611. The minimum atomic E-state index is -0.357. The molecule has 0 aliphatic carbocycles. The number of nitrogens with one attached hydrogen (secondary N) is 1. The Labute approximate surface area is 143 Å². The molecule has 1 aromatic rings. The molecule has 1 N–H and O–H groups in total. The molecule has 24 heavy (non-hydrogen) atoms. The Morgan fingerprint density at radius 1 is 1.21 bits per heavy atom. The van der Waals surface area contributed by atoms with E-state index >= 15 is 0 Å². The molecule has 0 radical (unpaired) electrons. The van der Waals surface area contributed by atoms with Crippen LogP contribution in [0.2, 0.25) is 0 Å². The first kappa shape index (κ1) is 16.7. The van der Waals surface area contributed by atoms with Crippen LogP contribution in [0, 0.1) is 12.8 Å². The number of urea groups is 1. The zero-order valence-corrected chi connectivity index (χ0v) is 14.5. The molecule has 3 rings (SSSR count). The Balaban J connectivity index is 1.69. The molecule has 2 aliphatic rings. The van der Waals surface area contributed by atoms with Gasteiger partial charge in [0.25, 0.3) is 0 Å². The maximum atomic E-state index is 12.0. The number of rotatable bonds is 4. The lowest BCUT2D eigenvalue weighted by Gasteiger charge is -2.33. The first-order valence-electron chi connectivity index (χ1n) is 8.92. The van der Waals surface area contributed by atoms with Crippen molar-refractivity contribution in [3.8, 4) is 0 Å². The highest BCUT2D eigenvalue weighted by Crippen LogP contribution is 2.28. The van der Waals surface area contributed by atoms with Crippen LogP contribution in [-0.4, -0.2) is 36.6 Å². The second-order valence-corrected chi connectivity index (χ2v) is 6.75. The van der Waals surface area contributed by atoms with Gasteiger partial charge >= 0.3 is 6.03 Å². The highest BCUT2D eigenvalue weighted by atomic mass is 16.2.